The van der Waals surface area contributed by atoms with E-state index in [9.17, 15) is 8.42 Å². The molecule has 0 fully saturated rings. The average Bonchev–Trinajstić information content (AvgIpc) is 2.74. The molecule has 1 aromatic rings. The van der Waals surface area contributed by atoms with Crippen molar-refractivity contribution >= 4 is 21.9 Å². The Labute approximate surface area is 179 Å². The molecule has 30 heavy (non-hydrogen) atoms. The van der Waals surface area contributed by atoms with Gasteiger partial charge in [0.1, 0.15) is 12.4 Å². The number of benzene rings is 1. The first-order valence-corrected chi connectivity index (χ1v) is 11.7. The minimum absolute atomic E-state index is 0.0151. The maximum absolute atomic E-state index is 10.8. The molecule has 1 N–H and O–H groups in total. The maximum Gasteiger partial charge on any atom is 0.264 e. The van der Waals surface area contributed by atoms with Crippen LogP contribution in [0.2, 0.25) is 0 Å². The van der Waals surface area contributed by atoms with E-state index in [1.807, 2.05) is 13.1 Å². The van der Waals surface area contributed by atoms with Crippen molar-refractivity contribution < 1.29 is 26.8 Å². The lowest BCUT2D eigenvalue weighted by Gasteiger charge is -2.14. The van der Waals surface area contributed by atoms with E-state index in [1.165, 1.54) is 5.56 Å². The van der Waals surface area contributed by atoms with Crippen molar-refractivity contribution in [3.8, 4) is 0 Å². The summed E-state index contributed by atoms with van der Waals surface area (Å²) in [5.74, 6) is 1.22. The van der Waals surface area contributed by atoms with E-state index < -0.39 is 10.1 Å². The van der Waals surface area contributed by atoms with Gasteiger partial charge in [0.05, 0.1) is 39.3 Å². The lowest BCUT2D eigenvalue weighted by Crippen LogP contribution is -2.13. The van der Waals surface area contributed by atoms with Gasteiger partial charge in [-0.3, -0.25) is 4.18 Å². The molecule has 0 bridgehead atoms. The zero-order valence-corrected chi connectivity index (χ0v) is 18.4. The third-order valence-electron chi connectivity index (χ3n) is 4.23. The predicted octanol–water partition coefficient (Wildman–Crippen LogP) is 3.23. The summed E-state index contributed by atoms with van der Waals surface area (Å²) >= 11 is 0. The fraction of sp³-hybridized carbons (Fsp3) is 0.455. The lowest BCUT2D eigenvalue weighted by molar-refractivity contribution is 0.0212. The zero-order chi connectivity index (χ0) is 21.7. The van der Waals surface area contributed by atoms with Crippen molar-refractivity contribution in [2.45, 2.75) is 6.42 Å². The molecule has 0 heterocycles. The highest BCUT2D eigenvalue weighted by atomic mass is 32.2. The van der Waals surface area contributed by atoms with Gasteiger partial charge in [-0.25, -0.2) is 0 Å². The molecule has 0 saturated heterocycles. The first kappa shape index (κ1) is 24.1. The van der Waals surface area contributed by atoms with Gasteiger partial charge in [-0.15, -0.1) is 0 Å². The molecule has 0 spiro atoms. The van der Waals surface area contributed by atoms with Gasteiger partial charge in [0.25, 0.3) is 10.1 Å². The van der Waals surface area contributed by atoms with Crippen LogP contribution < -0.4 is 5.32 Å². The number of anilines is 1. The SMILES string of the molecule is CNc1ccc(/C=C/C2C=CC(OCCOCCOCCOS(C)(=O)=O)=CC2)cc1. The predicted molar refractivity (Wildman–Crippen MR) is 119 cm³/mol. The largest absolute Gasteiger partial charge is 0.492 e. The van der Waals surface area contributed by atoms with Gasteiger partial charge in [0.15, 0.2) is 0 Å². The number of nitrogens with one attached hydrogen (secondary N) is 1. The monoisotopic (exact) mass is 437 g/mol. The Kier molecular flexibility index (Phi) is 10.6. The van der Waals surface area contributed by atoms with Crippen LogP contribution in [0, 0.1) is 5.92 Å². The summed E-state index contributed by atoms with van der Waals surface area (Å²) in [6.45, 7) is 1.94. The Balaban J connectivity index is 1.51. The van der Waals surface area contributed by atoms with Gasteiger partial charge in [-0.1, -0.05) is 30.4 Å². The Bertz CT molecular complexity index is 815. The van der Waals surface area contributed by atoms with E-state index in [4.69, 9.17) is 14.2 Å². The number of allylic oxidation sites excluding steroid dienone is 4. The van der Waals surface area contributed by atoms with E-state index >= 15 is 0 Å². The van der Waals surface area contributed by atoms with Crippen molar-refractivity contribution in [2.24, 2.45) is 5.92 Å². The molecule has 2 rings (SSSR count). The average molecular weight is 438 g/mol. The maximum atomic E-state index is 10.8. The zero-order valence-electron chi connectivity index (χ0n) is 17.6. The van der Waals surface area contributed by atoms with Crippen LogP contribution in [0.3, 0.4) is 0 Å². The fourth-order valence-corrected chi connectivity index (χ4v) is 3.02. The van der Waals surface area contributed by atoms with E-state index in [1.54, 1.807) is 0 Å². The molecule has 0 saturated carbocycles. The highest BCUT2D eigenvalue weighted by molar-refractivity contribution is 7.85. The van der Waals surface area contributed by atoms with E-state index in [0.717, 1.165) is 24.1 Å². The highest BCUT2D eigenvalue weighted by Gasteiger charge is 2.06. The first-order chi connectivity index (χ1) is 14.5. The molecular formula is C22H31NO6S. The second kappa shape index (κ2) is 13.2. The van der Waals surface area contributed by atoms with Gasteiger partial charge < -0.3 is 19.5 Å². The molecule has 8 heteroatoms. The van der Waals surface area contributed by atoms with Crippen LogP contribution in [0.4, 0.5) is 5.69 Å². The van der Waals surface area contributed by atoms with Gasteiger partial charge in [-0.2, -0.15) is 8.42 Å². The number of ether oxygens (including phenoxy) is 3. The molecule has 1 aliphatic carbocycles. The molecule has 1 atom stereocenters. The van der Waals surface area contributed by atoms with Crippen molar-refractivity contribution in [1.29, 1.82) is 0 Å². The third-order valence-corrected chi connectivity index (χ3v) is 4.82. The van der Waals surface area contributed by atoms with Gasteiger partial charge in [-0.05, 0) is 42.2 Å². The molecule has 0 aliphatic heterocycles. The Morgan fingerprint density at radius 1 is 1.03 bits per heavy atom. The lowest BCUT2D eigenvalue weighted by atomic mass is 9.98. The number of hydrogen-bond donors (Lipinski definition) is 1. The van der Waals surface area contributed by atoms with Gasteiger partial charge in [0.2, 0.25) is 0 Å². The standard InChI is InChI=1S/C22H31NO6S/c1-23-21-9-5-19(6-10-21)3-4-20-7-11-22(12-8-20)28-17-15-26-13-14-27-16-18-29-30(2,24)25/h3-7,9-12,20,23H,8,13-18H2,1-2H3/b4-3+. The summed E-state index contributed by atoms with van der Waals surface area (Å²) in [6.07, 6.45) is 12.5. The summed E-state index contributed by atoms with van der Waals surface area (Å²) in [5, 5.41) is 3.11. The van der Waals surface area contributed by atoms with Crippen molar-refractivity contribution in [3.63, 3.8) is 0 Å². The van der Waals surface area contributed by atoms with Crippen LogP contribution in [0.15, 0.2) is 54.3 Å². The molecule has 1 aliphatic rings. The van der Waals surface area contributed by atoms with Gasteiger partial charge in [0, 0.05) is 12.7 Å². The van der Waals surface area contributed by atoms with Crippen molar-refractivity contribution in [2.75, 3.05) is 58.3 Å². The second-order valence-corrected chi connectivity index (χ2v) is 8.34. The normalized spacial score (nSPS) is 16.6. The first-order valence-electron chi connectivity index (χ1n) is 9.93. The molecule has 0 amide bonds. The molecular weight excluding hydrogens is 406 g/mol. The smallest absolute Gasteiger partial charge is 0.264 e. The van der Waals surface area contributed by atoms with Crippen molar-refractivity contribution in [3.05, 3.63) is 59.9 Å². The van der Waals surface area contributed by atoms with E-state index in [0.29, 0.717) is 32.3 Å². The van der Waals surface area contributed by atoms with Crippen LogP contribution in [0.25, 0.3) is 6.08 Å². The molecule has 7 nitrogen and oxygen atoms in total. The van der Waals surface area contributed by atoms with E-state index in [2.05, 4.69) is 58.1 Å². The van der Waals surface area contributed by atoms with Crippen LogP contribution in [-0.2, 0) is 28.5 Å². The second-order valence-electron chi connectivity index (χ2n) is 6.70. The Morgan fingerprint density at radius 2 is 1.70 bits per heavy atom. The summed E-state index contributed by atoms with van der Waals surface area (Å²) in [7, 11) is -1.50. The summed E-state index contributed by atoms with van der Waals surface area (Å²) in [4.78, 5) is 0. The summed E-state index contributed by atoms with van der Waals surface area (Å²) < 4.78 is 42.4. The molecule has 0 aromatic heterocycles. The minimum atomic E-state index is -3.41. The quantitative estimate of drug-likeness (QED) is 0.353. The van der Waals surface area contributed by atoms with E-state index in [-0.39, 0.29) is 13.2 Å². The number of hydrogen-bond acceptors (Lipinski definition) is 7. The highest BCUT2D eigenvalue weighted by Crippen LogP contribution is 2.20. The number of rotatable bonds is 14. The fourth-order valence-electron chi connectivity index (χ4n) is 2.65. The molecule has 1 unspecified atom stereocenters. The van der Waals surface area contributed by atoms with Crippen molar-refractivity contribution in [1.82, 2.24) is 0 Å². The summed E-state index contributed by atoms with van der Waals surface area (Å²) in [5.41, 5.74) is 2.28. The van der Waals surface area contributed by atoms with Gasteiger partial charge >= 0.3 is 0 Å². The Hall–Kier alpha value is -2.13. The van der Waals surface area contributed by atoms with Crippen LogP contribution in [-0.4, -0.2) is 61.4 Å². The third kappa shape index (κ3) is 10.6. The molecule has 0 radical (unpaired) electrons. The molecule has 1 aromatic carbocycles. The topological polar surface area (TPSA) is 83.1 Å². The molecule has 166 valence electrons. The Morgan fingerprint density at radius 3 is 2.30 bits per heavy atom. The van der Waals surface area contributed by atoms with Crippen LogP contribution in [0.1, 0.15) is 12.0 Å². The minimum Gasteiger partial charge on any atom is -0.492 e. The van der Waals surface area contributed by atoms with Crippen LogP contribution in [0.5, 0.6) is 0 Å². The summed E-state index contributed by atoms with van der Waals surface area (Å²) in [6, 6.07) is 8.30. The van der Waals surface area contributed by atoms with Crippen LogP contribution >= 0.6 is 0 Å².